The Morgan fingerprint density at radius 1 is 1.15 bits per heavy atom. The van der Waals surface area contributed by atoms with Gasteiger partial charge in [0, 0.05) is 23.3 Å². The summed E-state index contributed by atoms with van der Waals surface area (Å²) in [6.07, 6.45) is 0.788. The van der Waals surface area contributed by atoms with Gasteiger partial charge in [0.2, 0.25) is 5.91 Å². The van der Waals surface area contributed by atoms with Crippen LogP contribution in [0.4, 0.5) is 11.4 Å². The van der Waals surface area contributed by atoms with Gasteiger partial charge in [0.15, 0.2) is 0 Å². The van der Waals surface area contributed by atoms with Crippen LogP contribution in [0.25, 0.3) is 0 Å². The molecule has 0 saturated heterocycles. The number of nitrogens with one attached hydrogen (secondary N) is 1. The molecule has 0 bridgehead atoms. The SMILES string of the molecule is CCOc1ccccc1C(=O)Nc1ccc2c(c1)CCN2C(=O)C(C)(C)C. The van der Waals surface area contributed by atoms with Crippen LogP contribution >= 0.6 is 0 Å². The first-order chi connectivity index (χ1) is 12.8. The van der Waals surface area contributed by atoms with Crippen molar-refractivity contribution < 1.29 is 14.3 Å². The summed E-state index contributed by atoms with van der Waals surface area (Å²) >= 11 is 0. The molecule has 0 spiro atoms. The number of hydrogen-bond acceptors (Lipinski definition) is 3. The smallest absolute Gasteiger partial charge is 0.259 e. The Labute approximate surface area is 160 Å². The van der Waals surface area contributed by atoms with Crippen molar-refractivity contribution in [1.29, 1.82) is 0 Å². The molecule has 3 rings (SSSR count). The summed E-state index contributed by atoms with van der Waals surface area (Å²) in [6.45, 7) is 8.85. The molecule has 0 atom stereocenters. The van der Waals surface area contributed by atoms with Crippen LogP contribution in [-0.2, 0) is 11.2 Å². The van der Waals surface area contributed by atoms with E-state index in [9.17, 15) is 9.59 Å². The van der Waals surface area contributed by atoms with Crippen LogP contribution in [0.1, 0.15) is 43.6 Å². The number of ether oxygens (including phenoxy) is 1. The lowest BCUT2D eigenvalue weighted by atomic mass is 9.94. The molecule has 0 saturated carbocycles. The molecule has 2 aromatic carbocycles. The molecular weight excluding hydrogens is 340 g/mol. The molecule has 0 aliphatic carbocycles. The van der Waals surface area contributed by atoms with E-state index in [4.69, 9.17) is 4.74 Å². The molecule has 1 N–H and O–H groups in total. The summed E-state index contributed by atoms with van der Waals surface area (Å²) in [4.78, 5) is 27.1. The van der Waals surface area contributed by atoms with Gasteiger partial charge in [0.25, 0.3) is 5.91 Å². The van der Waals surface area contributed by atoms with Crippen molar-refractivity contribution in [3.63, 3.8) is 0 Å². The summed E-state index contributed by atoms with van der Waals surface area (Å²) in [5.41, 5.74) is 2.81. The lowest BCUT2D eigenvalue weighted by molar-refractivity contribution is -0.125. The third kappa shape index (κ3) is 3.97. The molecule has 1 heterocycles. The van der Waals surface area contributed by atoms with Crippen LogP contribution in [0.15, 0.2) is 42.5 Å². The highest BCUT2D eigenvalue weighted by molar-refractivity contribution is 6.06. The zero-order valence-corrected chi connectivity index (χ0v) is 16.3. The van der Waals surface area contributed by atoms with E-state index in [1.54, 1.807) is 12.1 Å². The van der Waals surface area contributed by atoms with Crippen molar-refractivity contribution in [2.75, 3.05) is 23.4 Å². The largest absolute Gasteiger partial charge is 0.493 e. The van der Waals surface area contributed by atoms with Gasteiger partial charge in [-0.2, -0.15) is 0 Å². The number of amides is 2. The minimum Gasteiger partial charge on any atom is -0.493 e. The molecule has 0 unspecified atom stereocenters. The maximum atomic E-state index is 12.7. The van der Waals surface area contributed by atoms with E-state index in [1.807, 2.05) is 62.9 Å². The van der Waals surface area contributed by atoms with E-state index in [1.165, 1.54) is 0 Å². The molecule has 5 heteroatoms. The number of carbonyl (C=O) groups is 2. The standard InChI is InChI=1S/C22H26N2O3/c1-5-27-19-9-7-6-8-17(19)20(25)23-16-10-11-18-15(14-16)12-13-24(18)21(26)22(2,3)4/h6-11,14H,5,12-13H2,1-4H3,(H,23,25). The van der Waals surface area contributed by atoms with E-state index < -0.39 is 5.41 Å². The van der Waals surface area contributed by atoms with Crippen molar-refractivity contribution >= 4 is 23.2 Å². The number of carbonyl (C=O) groups excluding carboxylic acids is 2. The molecule has 142 valence electrons. The Bertz CT molecular complexity index is 868. The van der Waals surface area contributed by atoms with Crippen LogP contribution in [-0.4, -0.2) is 25.0 Å². The highest BCUT2D eigenvalue weighted by atomic mass is 16.5. The normalized spacial score (nSPS) is 13.3. The van der Waals surface area contributed by atoms with Crippen LogP contribution in [0.2, 0.25) is 0 Å². The molecule has 2 amide bonds. The lowest BCUT2D eigenvalue weighted by Gasteiger charge is -2.26. The molecule has 1 aliphatic rings. The lowest BCUT2D eigenvalue weighted by Crippen LogP contribution is -2.38. The summed E-state index contributed by atoms with van der Waals surface area (Å²) < 4.78 is 5.54. The fourth-order valence-electron chi connectivity index (χ4n) is 3.23. The minimum atomic E-state index is -0.419. The van der Waals surface area contributed by atoms with E-state index >= 15 is 0 Å². The summed E-state index contributed by atoms with van der Waals surface area (Å²) in [5.74, 6) is 0.476. The van der Waals surface area contributed by atoms with E-state index in [2.05, 4.69) is 5.32 Å². The third-order valence-electron chi connectivity index (χ3n) is 4.55. The number of fused-ring (bicyclic) bond motifs is 1. The van der Waals surface area contributed by atoms with E-state index in [-0.39, 0.29) is 11.8 Å². The summed E-state index contributed by atoms with van der Waals surface area (Å²) in [6, 6.07) is 12.9. The van der Waals surface area contributed by atoms with Gasteiger partial charge in [-0.05, 0) is 49.2 Å². The van der Waals surface area contributed by atoms with Gasteiger partial charge in [0.1, 0.15) is 5.75 Å². The van der Waals surface area contributed by atoms with Crippen molar-refractivity contribution in [2.24, 2.45) is 5.41 Å². The quantitative estimate of drug-likeness (QED) is 0.879. The second kappa shape index (κ2) is 7.43. The molecule has 0 radical (unpaired) electrons. The predicted molar refractivity (Wildman–Crippen MR) is 108 cm³/mol. The number of anilines is 2. The molecule has 5 nitrogen and oxygen atoms in total. The molecule has 2 aromatic rings. The summed E-state index contributed by atoms with van der Waals surface area (Å²) in [5, 5.41) is 2.94. The van der Waals surface area contributed by atoms with Gasteiger partial charge in [-0.1, -0.05) is 32.9 Å². The van der Waals surface area contributed by atoms with Crippen LogP contribution in [0, 0.1) is 5.41 Å². The zero-order valence-electron chi connectivity index (χ0n) is 16.3. The second-order valence-electron chi connectivity index (χ2n) is 7.68. The van der Waals surface area contributed by atoms with Gasteiger partial charge in [-0.15, -0.1) is 0 Å². The van der Waals surface area contributed by atoms with Crippen LogP contribution in [0.5, 0.6) is 5.75 Å². The maximum absolute atomic E-state index is 12.7. The van der Waals surface area contributed by atoms with Gasteiger partial charge in [-0.3, -0.25) is 9.59 Å². The number of rotatable bonds is 4. The first-order valence-electron chi connectivity index (χ1n) is 9.29. The Kier molecular flexibility index (Phi) is 5.22. The van der Waals surface area contributed by atoms with Crippen molar-refractivity contribution in [3.05, 3.63) is 53.6 Å². The number of para-hydroxylation sites is 1. The molecule has 1 aliphatic heterocycles. The third-order valence-corrected chi connectivity index (χ3v) is 4.55. The average Bonchev–Trinajstić information content (AvgIpc) is 3.04. The Hall–Kier alpha value is -2.82. The maximum Gasteiger partial charge on any atom is 0.259 e. The number of nitrogens with zero attached hydrogens (tertiary/aromatic N) is 1. The van der Waals surface area contributed by atoms with Gasteiger partial charge >= 0.3 is 0 Å². The fourth-order valence-corrected chi connectivity index (χ4v) is 3.23. The zero-order chi connectivity index (χ0) is 19.6. The van der Waals surface area contributed by atoms with Crippen LogP contribution < -0.4 is 15.0 Å². The van der Waals surface area contributed by atoms with Gasteiger partial charge in [-0.25, -0.2) is 0 Å². The van der Waals surface area contributed by atoms with Gasteiger partial charge in [0.05, 0.1) is 12.2 Å². The molecule has 0 fully saturated rings. The molecule has 0 aromatic heterocycles. The van der Waals surface area contributed by atoms with Crippen molar-refractivity contribution in [1.82, 2.24) is 0 Å². The van der Waals surface area contributed by atoms with Gasteiger partial charge < -0.3 is 15.0 Å². The topological polar surface area (TPSA) is 58.6 Å². The summed E-state index contributed by atoms with van der Waals surface area (Å²) in [7, 11) is 0. The van der Waals surface area contributed by atoms with Crippen molar-refractivity contribution in [3.8, 4) is 5.75 Å². The number of benzene rings is 2. The van der Waals surface area contributed by atoms with E-state index in [0.717, 1.165) is 23.4 Å². The Morgan fingerprint density at radius 3 is 2.59 bits per heavy atom. The van der Waals surface area contributed by atoms with Crippen LogP contribution in [0.3, 0.4) is 0 Å². The highest BCUT2D eigenvalue weighted by Crippen LogP contribution is 2.34. The van der Waals surface area contributed by atoms with Crippen molar-refractivity contribution in [2.45, 2.75) is 34.1 Å². The Morgan fingerprint density at radius 2 is 1.89 bits per heavy atom. The predicted octanol–water partition coefficient (Wildman–Crippen LogP) is 4.27. The first-order valence-corrected chi connectivity index (χ1v) is 9.29. The highest BCUT2D eigenvalue weighted by Gasteiger charge is 2.32. The second-order valence-corrected chi connectivity index (χ2v) is 7.68. The van der Waals surface area contributed by atoms with E-state index in [0.29, 0.717) is 24.5 Å². The fraction of sp³-hybridized carbons (Fsp3) is 0.364. The molecular formula is C22H26N2O3. The minimum absolute atomic E-state index is 0.115. The Balaban J connectivity index is 1.79. The monoisotopic (exact) mass is 366 g/mol. The average molecular weight is 366 g/mol. The number of hydrogen-bond donors (Lipinski definition) is 1. The first kappa shape index (κ1) is 19.0. The molecule has 27 heavy (non-hydrogen) atoms.